The van der Waals surface area contributed by atoms with E-state index >= 15 is 0 Å². The molecule has 5 nitrogen and oxygen atoms in total. The van der Waals surface area contributed by atoms with Crippen molar-refractivity contribution in [3.05, 3.63) is 34.3 Å². The molecule has 0 aromatic rings. The molecule has 0 unspecified atom stereocenters. The first-order valence-electron chi connectivity index (χ1n) is 6.39. The predicted molar refractivity (Wildman–Crippen MR) is 91.8 cm³/mol. The largest absolute Gasteiger partial charge is 0.468 e. The van der Waals surface area contributed by atoms with E-state index in [0.29, 0.717) is 15.6 Å². The molecule has 0 bridgehead atoms. The minimum atomic E-state index is -1.50. The summed E-state index contributed by atoms with van der Waals surface area (Å²) in [5.74, 6) is -1.36. The Morgan fingerprint density at radius 3 is 2.00 bits per heavy atom. The summed E-state index contributed by atoms with van der Waals surface area (Å²) in [5.41, 5.74) is -0.815. The number of allylic oxidation sites excluding steroid dienone is 1. The highest BCUT2D eigenvalue weighted by Crippen LogP contribution is 2.37. The summed E-state index contributed by atoms with van der Waals surface area (Å²) in [4.78, 5) is 24.5. The van der Waals surface area contributed by atoms with Crippen LogP contribution in [0.25, 0.3) is 0 Å². The summed E-state index contributed by atoms with van der Waals surface area (Å²) < 4.78 is 15.6. The normalized spacial score (nSPS) is 10.5. The van der Waals surface area contributed by atoms with Gasteiger partial charge in [-0.15, -0.1) is 13.2 Å². The maximum Gasteiger partial charge on any atom is 0.323 e. The number of esters is 2. The van der Waals surface area contributed by atoms with Crippen LogP contribution in [0.2, 0.25) is 0 Å². The average Bonchev–Trinajstić information content (AvgIpc) is 2.51. The molecule has 0 N–H and O–H groups in total. The van der Waals surface area contributed by atoms with E-state index < -0.39 is 17.4 Å². The molecule has 0 aliphatic heterocycles. The lowest BCUT2D eigenvalue weighted by Crippen LogP contribution is -2.41. The summed E-state index contributed by atoms with van der Waals surface area (Å²) in [6, 6.07) is 0. The molecule has 0 rings (SSSR count). The lowest BCUT2D eigenvalue weighted by atomic mass is 9.78. The van der Waals surface area contributed by atoms with E-state index in [2.05, 4.69) is 45.0 Å². The first kappa shape index (κ1) is 21.1. The van der Waals surface area contributed by atoms with E-state index in [4.69, 9.17) is 14.2 Å². The van der Waals surface area contributed by atoms with Crippen molar-refractivity contribution in [1.82, 2.24) is 0 Å². The molecule has 0 aromatic carbocycles. The van der Waals surface area contributed by atoms with E-state index in [9.17, 15) is 9.59 Å². The quantitative estimate of drug-likeness (QED) is 0.225. The molecular formula is C15H20Br2O5. The van der Waals surface area contributed by atoms with Crippen molar-refractivity contribution in [2.45, 2.75) is 12.8 Å². The zero-order valence-electron chi connectivity index (χ0n) is 12.7. The van der Waals surface area contributed by atoms with Gasteiger partial charge in [-0.25, -0.2) is 0 Å². The minimum Gasteiger partial charge on any atom is -0.468 e. The van der Waals surface area contributed by atoms with Crippen molar-refractivity contribution < 1.29 is 23.8 Å². The Hall–Kier alpha value is -0.920. The Morgan fingerprint density at radius 1 is 1.09 bits per heavy atom. The van der Waals surface area contributed by atoms with Gasteiger partial charge in [-0.3, -0.25) is 9.59 Å². The Balaban J connectivity index is 5.61. The highest BCUT2D eigenvalue weighted by atomic mass is 79.9. The number of hydrogen-bond acceptors (Lipinski definition) is 5. The third-order valence-electron chi connectivity index (χ3n) is 2.94. The summed E-state index contributed by atoms with van der Waals surface area (Å²) in [6.45, 7) is 7.73. The zero-order chi connectivity index (χ0) is 17.2. The van der Waals surface area contributed by atoms with Crippen LogP contribution in [0.1, 0.15) is 12.8 Å². The second-order valence-electron chi connectivity index (χ2n) is 4.40. The van der Waals surface area contributed by atoms with Crippen LogP contribution in [0.4, 0.5) is 0 Å². The molecule has 0 fully saturated rings. The molecule has 7 heteroatoms. The third-order valence-corrected chi connectivity index (χ3v) is 4.06. The first-order chi connectivity index (χ1) is 10.4. The van der Waals surface area contributed by atoms with E-state index in [1.165, 1.54) is 20.3 Å². The molecule has 0 saturated heterocycles. The number of halogens is 2. The summed E-state index contributed by atoms with van der Waals surface area (Å²) in [6.07, 6.45) is 3.25. The van der Waals surface area contributed by atoms with Gasteiger partial charge in [-0.2, -0.15) is 0 Å². The highest BCUT2D eigenvalue weighted by Gasteiger charge is 2.48. The van der Waals surface area contributed by atoms with Gasteiger partial charge < -0.3 is 14.2 Å². The van der Waals surface area contributed by atoms with Gasteiger partial charge in [0.2, 0.25) is 0 Å². The van der Waals surface area contributed by atoms with Gasteiger partial charge in [-0.05, 0) is 50.3 Å². The maximum atomic E-state index is 12.2. The fraction of sp³-hybridized carbons (Fsp3) is 0.467. The van der Waals surface area contributed by atoms with Crippen LogP contribution in [-0.2, 0) is 23.8 Å². The first-order valence-corrected chi connectivity index (χ1v) is 7.97. The standard InChI is InChI=1S/C15H20Br2O5/c1-5-7-15(13(18)20-3,14(19)21-4)9-11(12(16)17)10-22-8-6-2/h5-6H,1-2,7-10H2,3-4H3. The predicted octanol–water partition coefficient (Wildman–Crippen LogP) is 3.49. The van der Waals surface area contributed by atoms with Crippen molar-refractivity contribution in [3.8, 4) is 0 Å². The van der Waals surface area contributed by atoms with Crippen LogP contribution >= 0.6 is 31.9 Å². The molecule has 0 amide bonds. The fourth-order valence-corrected chi connectivity index (χ4v) is 2.42. The number of rotatable bonds is 10. The number of carbonyl (C=O) groups excluding carboxylic acids is 2. The van der Waals surface area contributed by atoms with E-state index in [1.807, 2.05) is 0 Å². The summed E-state index contributed by atoms with van der Waals surface area (Å²) in [5, 5.41) is 0. The minimum absolute atomic E-state index is 0.0708. The SMILES string of the molecule is C=CCOCC(CC(CC=C)(C(=O)OC)C(=O)OC)=C(Br)Br. The Bertz CT molecular complexity index is 437. The van der Waals surface area contributed by atoms with Crippen molar-refractivity contribution in [3.63, 3.8) is 0 Å². The molecular weight excluding hydrogens is 420 g/mol. The van der Waals surface area contributed by atoms with Crippen molar-refractivity contribution in [1.29, 1.82) is 0 Å². The molecule has 0 saturated carbocycles. The van der Waals surface area contributed by atoms with Crippen molar-refractivity contribution in [2.24, 2.45) is 5.41 Å². The number of ether oxygens (including phenoxy) is 3. The molecule has 124 valence electrons. The third kappa shape index (κ3) is 5.70. The molecule has 0 aliphatic carbocycles. The smallest absolute Gasteiger partial charge is 0.323 e. The lowest BCUT2D eigenvalue weighted by molar-refractivity contribution is -0.169. The monoisotopic (exact) mass is 438 g/mol. The molecule has 0 radical (unpaired) electrons. The molecule has 0 aliphatic rings. The zero-order valence-corrected chi connectivity index (χ0v) is 15.9. The van der Waals surface area contributed by atoms with Crippen LogP contribution in [0.3, 0.4) is 0 Å². The van der Waals surface area contributed by atoms with Gasteiger partial charge in [-0.1, -0.05) is 12.2 Å². The fourth-order valence-electron chi connectivity index (χ4n) is 1.91. The molecule has 0 atom stereocenters. The lowest BCUT2D eigenvalue weighted by Gasteiger charge is -2.28. The summed E-state index contributed by atoms with van der Waals surface area (Å²) in [7, 11) is 2.45. The number of carbonyl (C=O) groups is 2. The van der Waals surface area contributed by atoms with Crippen LogP contribution in [-0.4, -0.2) is 39.4 Å². The van der Waals surface area contributed by atoms with E-state index in [-0.39, 0.29) is 19.4 Å². The van der Waals surface area contributed by atoms with Gasteiger partial charge in [0.05, 0.1) is 30.8 Å². The van der Waals surface area contributed by atoms with E-state index in [1.54, 1.807) is 6.08 Å². The van der Waals surface area contributed by atoms with Gasteiger partial charge in [0, 0.05) is 0 Å². The summed E-state index contributed by atoms with van der Waals surface area (Å²) >= 11 is 6.60. The number of hydrogen-bond donors (Lipinski definition) is 0. The van der Waals surface area contributed by atoms with E-state index in [0.717, 1.165) is 0 Å². The highest BCUT2D eigenvalue weighted by molar-refractivity contribution is 9.28. The molecule has 0 spiro atoms. The van der Waals surface area contributed by atoms with Crippen molar-refractivity contribution >= 4 is 43.8 Å². The average molecular weight is 440 g/mol. The van der Waals surface area contributed by atoms with Gasteiger partial charge >= 0.3 is 11.9 Å². The molecule has 22 heavy (non-hydrogen) atoms. The van der Waals surface area contributed by atoms with Gasteiger partial charge in [0.15, 0.2) is 5.41 Å². The van der Waals surface area contributed by atoms with Crippen LogP contribution in [0.5, 0.6) is 0 Å². The Morgan fingerprint density at radius 2 is 1.64 bits per heavy atom. The second-order valence-corrected chi connectivity index (χ2v) is 7.05. The Labute approximate surface area is 147 Å². The topological polar surface area (TPSA) is 61.8 Å². The molecule has 0 heterocycles. The van der Waals surface area contributed by atoms with Crippen LogP contribution < -0.4 is 0 Å². The number of methoxy groups -OCH3 is 2. The Kier molecular flexibility index (Phi) is 10.3. The molecule has 0 aromatic heterocycles. The maximum absolute atomic E-state index is 12.2. The van der Waals surface area contributed by atoms with Crippen LogP contribution in [0.15, 0.2) is 34.3 Å². The van der Waals surface area contributed by atoms with Gasteiger partial charge in [0.25, 0.3) is 0 Å². The van der Waals surface area contributed by atoms with Crippen molar-refractivity contribution in [2.75, 3.05) is 27.4 Å². The van der Waals surface area contributed by atoms with Crippen LogP contribution in [0, 0.1) is 5.41 Å². The second kappa shape index (κ2) is 10.7. The van der Waals surface area contributed by atoms with Gasteiger partial charge in [0.1, 0.15) is 0 Å².